The molecule has 32 heavy (non-hydrogen) atoms. The number of aliphatic hydroxyl groups is 1. The molecule has 0 atom stereocenters. The molecule has 2 aromatic carbocycles. The lowest BCUT2D eigenvalue weighted by atomic mass is 10.1. The molecule has 0 aliphatic heterocycles. The van der Waals surface area contributed by atoms with Gasteiger partial charge in [0.15, 0.2) is 5.65 Å². The molecule has 0 spiro atoms. The highest BCUT2D eigenvalue weighted by Crippen LogP contribution is 2.31. The molecule has 160 valence electrons. The topological polar surface area (TPSA) is 89.5 Å². The summed E-state index contributed by atoms with van der Waals surface area (Å²) in [4.78, 5) is 8.91. The van der Waals surface area contributed by atoms with Crippen molar-refractivity contribution in [3.8, 4) is 22.7 Å². The predicted octanol–water partition coefficient (Wildman–Crippen LogP) is 4.13. The number of nitrogens with one attached hydrogen (secondary N) is 1. The molecule has 0 bridgehead atoms. The normalized spacial score (nSPS) is 11.1. The number of aliphatic hydroxyl groups excluding tert-OH is 1. The number of rotatable bonds is 6. The predicted molar refractivity (Wildman–Crippen MR) is 122 cm³/mol. The van der Waals surface area contributed by atoms with Gasteiger partial charge in [-0.1, -0.05) is 12.1 Å². The van der Waals surface area contributed by atoms with Gasteiger partial charge in [0, 0.05) is 28.7 Å². The average molecular weight is 426 g/mol. The molecule has 5 rings (SSSR count). The number of aryl methyl sites for hydroxylation is 1. The fraction of sp³-hybridized carbons (Fsp3) is 0.125. The summed E-state index contributed by atoms with van der Waals surface area (Å²) >= 11 is 0. The quantitative estimate of drug-likeness (QED) is 0.424. The Labute approximate surface area is 184 Å². The summed E-state index contributed by atoms with van der Waals surface area (Å²) in [6.07, 6.45) is 5.07. The molecule has 0 saturated heterocycles. The van der Waals surface area contributed by atoms with Gasteiger partial charge < -0.3 is 19.6 Å². The van der Waals surface area contributed by atoms with Gasteiger partial charge in [-0.2, -0.15) is 5.10 Å². The highest BCUT2D eigenvalue weighted by atomic mass is 16.5. The first kappa shape index (κ1) is 19.8. The number of pyridine rings is 1. The number of anilines is 2. The summed E-state index contributed by atoms with van der Waals surface area (Å²) in [5, 5.41) is 17.5. The molecule has 8 nitrogen and oxygen atoms in total. The number of imidazole rings is 1. The van der Waals surface area contributed by atoms with Crippen LogP contribution < -0.4 is 10.1 Å². The summed E-state index contributed by atoms with van der Waals surface area (Å²) in [7, 11) is 1.66. The van der Waals surface area contributed by atoms with Gasteiger partial charge >= 0.3 is 0 Å². The number of hydrogen-bond donors (Lipinski definition) is 2. The average Bonchev–Trinajstić information content (AvgIpc) is 3.48. The van der Waals surface area contributed by atoms with E-state index in [-0.39, 0.29) is 6.61 Å². The van der Waals surface area contributed by atoms with E-state index < -0.39 is 0 Å². The van der Waals surface area contributed by atoms with E-state index in [1.807, 2.05) is 60.8 Å². The Morgan fingerprint density at radius 2 is 2.00 bits per heavy atom. The van der Waals surface area contributed by atoms with Crippen LogP contribution in [-0.4, -0.2) is 36.4 Å². The van der Waals surface area contributed by atoms with Crippen molar-refractivity contribution in [3.63, 3.8) is 0 Å². The van der Waals surface area contributed by atoms with Crippen LogP contribution in [0.5, 0.6) is 5.75 Å². The summed E-state index contributed by atoms with van der Waals surface area (Å²) in [5.41, 5.74) is 6.97. The fourth-order valence-corrected chi connectivity index (χ4v) is 3.83. The molecule has 3 heterocycles. The van der Waals surface area contributed by atoms with Gasteiger partial charge in [0.05, 0.1) is 30.8 Å². The molecule has 3 aromatic heterocycles. The first-order valence-corrected chi connectivity index (χ1v) is 10.2. The Kier molecular flexibility index (Phi) is 5.04. The first-order valence-electron chi connectivity index (χ1n) is 10.2. The molecule has 0 aliphatic rings. The third-order valence-electron chi connectivity index (χ3n) is 5.43. The Balaban J connectivity index is 1.54. The van der Waals surface area contributed by atoms with E-state index in [2.05, 4.69) is 26.7 Å². The van der Waals surface area contributed by atoms with Gasteiger partial charge in [0.25, 0.3) is 0 Å². The molecule has 2 N–H and O–H groups in total. The SMILES string of the molecule is COc1cccc(-c2nc3c(Nc4ccc(-n5cncn5)c(CO)c4)cccn3c2C)c1. The minimum absolute atomic E-state index is 0.114. The van der Waals surface area contributed by atoms with Crippen molar-refractivity contribution in [2.45, 2.75) is 13.5 Å². The maximum atomic E-state index is 9.87. The van der Waals surface area contributed by atoms with E-state index in [4.69, 9.17) is 9.72 Å². The minimum atomic E-state index is -0.114. The number of methoxy groups -OCH3 is 1. The number of aromatic nitrogens is 5. The Hall–Kier alpha value is -4.17. The monoisotopic (exact) mass is 426 g/mol. The van der Waals surface area contributed by atoms with Crippen LogP contribution in [-0.2, 0) is 6.61 Å². The standard InChI is InChI=1S/C24H22N6O2/c1-16-23(17-5-3-6-20(12-17)32-2)28-24-21(7-4-10-29(16)24)27-19-8-9-22(18(11-19)13-31)30-15-25-14-26-30/h3-12,14-15,27,31H,13H2,1-2H3. The van der Waals surface area contributed by atoms with Crippen molar-refractivity contribution < 1.29 is 9.84 Å². The van der Waals surface area contributed by atoms with E-state index in [0.717, 1.165) is 51.0 Å². The van der Waals surface area contributed by atoms with Crippen LogP contribution in [0.25, 0.3) is 22.6 Å². The zero-order valence-electron chi connectivity index (χ0n) is 17.7. The highest BCUT2D eigenvalue weighted by molar-refractivity contribution is 5.78. The second kappa shape index (κ2) is 8.16. The maximum absolute atomic E-state index is 9.87. The number of nitrogens with zero attached hydrogens (tertiary/aromatic N) is 5. The van der Waals surface area contributed by atoms with Crippen LogP contribution in [0.4, 0.5) is 11.4 Å². The zero-order chi connectivity index (χ0) is 22.1. The molecular weight excluding hydrogens is 404 g/mol. The molecule has 5 aromatic rings. The van der Waals surface area contributed by atoms with Gasteiger partial charge in [0.1, 0.15) is 18.4 Å². The molecule has 0 fully saturated rings. The van der Waals surface area contributed by atoms with Gasteiger partial charge in [-0.05, 0) is 49.4 Å². The lowest BCUT2D eigenvalue weighted by molar-refractivity contribution is 0.281. The van der Waals surface area contributed by atoms with Crippen molar-refractivity contribution in [3.05, 3.63) is 84.7 Å². The Morgan fingerprint density at radius 1 is 1.09 bits per heavy atom. The third-order valence-corrected chi connectivity index (χ3v) is 5.43. The molecule has 0 aliphatic carbocycles. The van der Waals surface area contributed by atoms with E-state index in [0.29, 0.717) is 0 Å². The minimum Gasteiger partial charge on any atom is -0.497 e. The maximum Gasteiger partial charge on any atom is 0.161 e. The number of benzene rings is 2. The van der Waals surface area contributed by atoms with E-state index in [1.54, 1.807) is 18.1 Å². The summed E-state index contributed by atoms with van der Waals surface area (Å²) in [6.45, 7) is 1.94. The number of fused-ring (bicyclic) bond motifs is 1. The first-order chi connectivity index (χ1) is 15.7. The summed E-state index contributed by atoms with van der Waals surface area (Å²) in [6, 6.07) is 17.6. The number of ether oxygens (including phenoxy) is 1. The molecule has 0 amide bonds. The largest absolute Gasteiger partial charge is 0.497 e. The Bertz CT molecular complexity index is 1390. The smallest absolute Gasteiger partial charge is 0.161 e. The van der Waals surface area contributed by atoms with E-state index in [9.17, 15) is 5.11 Å². The van der Waals surface area contributed by atoms with Gasteiger partial charge in [0.2, 0.25) is 0 Å². The van der Waals surface area contributed by atoms with E-state index >= 15 is 0 Å². The zero-order valence-corrected chi connectivity index (χ0v) is 17.7. The highest BCUT2D eigenvalue weighted by Gasteiger charge is 2.14. The van der Waals surface area contributed by atoms with Crippen LogP contribution in [0, 0.1) is 6.92 Å². The van der Waals surface area contributed by atoms with Crippen molar-refractivity contribution >= 4 is 17.0 Å². The van der Waals surface area contributed by atoms with E-state index in [1.165, 1.54) is 6.33 Å². The second-order valence-corrected chi connectivity index (χ2v) is 7.36. The van der Waals surface area contributed by atoms with Gasteiger partial charge in [-0.3, -0.25) is 0 Å². The molecule has 0 unspecified atom stereocenters. The fourth-order valence-electron chi connectivity index (χ4n) is 3.83. The van der Waals surface area contributed by atoms with Crippen molar-refractivity contribution in [2.75, 3.05) is 12.4 Å². The van der Waals surface area contributed by atoms with Crippen molar-refractivity contribution in [1.29, 1.82) is 0 Å². The summed E-state index contributed by atoms with van der Waals surface area (Å²) < 4.78 is 9.07. The molecule has 0 radical (unpaired) electrons. The molecule has 0 saturated carbocycles. The lowest BCUT2D eigenvalue weighted by Gasteiger charge is -2.12. The molecular formula is C24H22N6O2. The third kappa shape index (κ3) is 3.46. The van der Waals surface area contributed by atoms with Crippen LogP contribution >= 0.6 is 0 Å². The van der Waals surface area contributed by atoms with Crippen molar-refractivity contribution in [1.82, 2.24) is 24.1 Å². The molecule has 8 heteroatoms. The van der Waals surface area contributed by atoms with Gasteiger partial charge in [-0.25, -0.2) is 14.6 Å². The van der Waals surface area contributed by atoms with Crippen LogP contribution in [0.1, 0.15) is 11.3 Å². The van der Waals surface area contributed by atoms with Crippen LogP contribution in [0.2, 0.25) is 0 Å². The van der Waals surface area contributed by atoms with Crippen LogP contribution in [0.3, 0.4) is 0 Å². The lowest BCUT2D eigenvalue weighted by Crippen LogP contribution is -2.02. The van der Waals surface area contributed by atoms with Gasteiger partial charge in [-0.15, -0.1) is 0 Å². The summed E-state index contributed by atoms with van der Waals surface area (Å²) in [5.74, 6) is 0.793. The van der Waals surface area contributed by atoms with Crippen molar-refractivity contribution in [2.24, 2.45) is 0 Å². The second-order valence-electron chi connectivity index (χ2n) is 7.36. The Morgan fingerprint density at radius 3 is 2.78 bits per heavy atom. The van der Waals surface area contributed by atoms with Crippen LogP contribution in [0.15, 0.2) is 73.4 Å². The number of hydrogen-bond acceptors (Lipinski definition) is 6.